The Morgan fingerprint density at radius 2 is 2.13 bits per heavy atom. The van der Waals surface area contributed by atoms with E-state index in [1.54, 1.807) is 25.1 Å². The molecule has 0 aromatic heterocycles. The average Bonchev–Trinajstić information content (AvgIpc) is 2.16. The van der Waals surface area contributed by atoms with Crippen molar-refractivity contribution in [1.82, 2.24) is 0 Å². The quantitative estimate of drug-likeness (QED) is 0.571. The lowest BCUT2D eigenvalue weighted by molar-refractivity contribution is -0.385. The maximum Gasteiger partial charge on any atom is 0.288 e. The summed E-state index contributed by atoms with van der Waals surface area (Å²) in [5.41, 5.74) is 0.319. The number of anilines is 1. The van der Waals surface area contributed by atoms with Crippen LogP contribution in [-0.2, 0) is 0 Å². The number of nitriles is 1. The number of rotatable bonds is 2. The van der Waals surface area contributed by atoms with Gasteiger partial charge in [0.25, 0.3) is 5.69 Å². The number of hydrogen-bond acceptors (Lipinski definition) is 4. The molecular weight excluding hydrogens is 218 g/mol. The largest absolute Gasteiger partial charge is 0.376 e. The van der Waals surface area contributed by atoms with Crippen LogP contribution in [0.5, 0.6) is 0 Å². The van der Waals surface area contributed by atoms with Crippen LogP contribution in [0.2, 0.25) is 5.02 Å². The third-order valence-electron chi connectivity index (χ3n) is 1.86. The van der Waals surface area contributed by atoms with E-state index < -0.39 is 4.92 Å². The number of halogens is 1. The van der Waals surface area contributed by atoms with Crippen LogP contribution in [0.15, 0.2) is 12.1 Å². The highest BCUT2D eigenvalue weighted by Crippen LogP contribution is 2.31. The summed E-state index contributed by atoms with van der Waals surface area (Å²) in [6.07, 6.45) is 0. The van der Waals surface area contributed by atoms with Crippen LogP contribution in [0.25, 0.3) is 0 Å². The molecule has 6 heteroatoms. The third kappa shape index (κ3) is 2.17. The number of hydrogen-bond donors (Lipinski definition) is 0. The Bertz CT molecular complexity index is 451. The molecule has 0 aliphatic carbocycles. The van der Waals surface area contributed by atoms with Crippen molar-refractivity contribution >= 4 is 23.0 Å². The van der Waals surface area contributed by atoms with Crippen LogP contribution in [0.3, 0.4) is 0 Å². The Morgan fingerprint density at radius 3 is 2.53 bits per heavy atom. The molecule has 1 aromatic carbocycles. The van der Waals surface area contributed by atoms with Gasteiger partial charge in [0.05, 0.1) is 15.6 Å². The summed E-state index contributed by atoms with van der Waals surface area (Å²) in [6.45, 7) is 0. The maximum absolute atomic E-state index is 10.6. The van der Waals surface area contributed by atoms with Gasteiger partial charge < -0.3 is 4.90 Å². The first-order valence-corrected chi connectivity index (χ1v) is 4.40. The Kier molecular flexibility index (Phi) is 3.12. The van der Waals surface area contributed by atoms with Gasteiger partial charge >= 0.3 is 0 Å². The van der Waals surface area contributed by atoms with E-state index in [1.165, 1.54) is 12.1 Å². The van der Waals surface area contributed by atoms with Gasteiger partial charge in [-0.2, -0.15) is 5.26 Å². The number of nitro groups is 1. The van der Waals surface area contributed by atoms with Crippen molar-refractivity contribution in [2.24, 2.45) is 0 Å². The molecule has 5 nitrogen and oxygen atoms in total. The summed E-state index contributed by atoms with van der Waals surface area (Å²) in [7, 11) is 3.49. The maximum atomic E-state index is 10.6. The lowest BCUT2D eigenvalue weighted by Crippen LogP contribution is -2.10. The first-order chi connectivity index (χ1) is 6.97. The van der Waals surface area contributed by atoms with Gasteiger partial charge in [0.15, 0.2) is 0 Å². The van der Waals surface area contributed by atoms with E-state index in [9.17, 15) is 10.1 Å². The molecule has 0 amide bonds. The summed E-state index contributed by atoms with van der Waals surface area (Å²) >= 11 is 5.84. The van der Waals surface area contributed by atoms with E-state index in [2.05, 4.69) is 0 Å². The van der Waals surface area contributed by atoms with E-state index in [-0.39, 0.29) is 16.3 Å². The molecular formula is C9H8ClN3O2. The Balaban J connectivity index is 3.44. The predicted octanol–water partition coefficient (Wildman–Crippen LogP) is 2.19. The van der Waals surface area contributed by atoms with Crippen LogP contribution in [0, 0.1) is 21.4 Å². The second kappa shape index (κ2) is 4.15. The lowest BCUT2D eigenvalue weighted by atomic mass is 10.1. The van der Waals surface area contributed by atoms with E-state index in [0.717, 1.165) is 0 Å². The summed E-state index contributed by atoms with van der Waals surface area (Å²) in [6, 6.07) is 4.37. The van der Waals surface area contributed by atoms with Crippen molar-refractivity contribution in [2.45, 2.75) is 0 Å². The SMILES string of the molecule is CN(C)c1cc(C#N)c([N+](=O)[O-])cc1Cl. The first kappa shape index (κ1) is 11.3. The van der Waals surface area contributed by atoms with E-state index >= 15 is 0 Å². The van der Waals surface area contributed by atoms with Crippen molar-refractivity contribution in [3.8, 4) is 6.07 Å². The molecule has 0 aliphatic heterocycles. The fourth-order valence-electron chi connectivity index (χ4n) is 1.13. The van der Waals surface area contributed by atoms with Gasteiger partial charge in [0.2, 0.25) is 0 Å². The second-order valence-corrected chi connectivity index (χ2v) is 3.49. The third-order valence-corrected chi connectivity index (χ3v) is 2.17. The van der Waals surface area contributed by atoms with Gasteiger partial charge in [0.1, 0.15) is 11.6 Å². The molecule has 0 aliphatic rings. The minimum absolute atomic E-state index is 0.00750. The van der Waals surface area contributed by atoms with Gasteiger partial charge in [-0.1, -0.05) is 11.6 Å². The van der Waals surface area contributed by atoms with Crippen molar-refractivity contribution in [2.75, 3.05) is 19.0 Å². The van der Waals surface area contributed by atoms with Gasteiger partial charge in [-0.25, -0.2) is 0 Å². The van der Waals surface area contributed by atoms with Gasteiger partial charge in [-0.3, -0.25) is 10.1 Å². The molecule has 78 valence electrons. The minimum Gasteiger partial charge on any atom is -0.376 e. The molecule has 0 saturated heterocycles. The predicted molar refractivity (Wildman–Crippen MR) is 57.1 cm³/mol. The molecule has 0 heterocycles. The molecule has 0 unspecified atom stereocenters. The normalized spacial score (nSPS) is 9.47. The van der Waals surface area contributed by atoms with Crippen molar-refractivity contribution in [1.29, 1.82) is 5.26 Å². The van der Waals surface area contributed by atoms with Crippen LogP contribution in [0.1, 0.15) is 5.56 Å². The summed E-state index contributed by atoms with van der Waals surface area (Å²) in [5, 5.41) is 19.6. The average molecular weight is 226 g/mol. The van der Waals surface area contributed by atoms with E-state index in [4.69, 9.17) is 16.9 Å². The molecule has 0 atom stereocenters. The molecule has 0 N–H and O–H groups in total. The standard InChI is InChI=1S/C9H8ClN3O2/c1-12(2)9-3-6(5-11)8(13(14)15)4-7(9)10/h3-4H,1-2H3. The smallest absolute Gasteiger partial charge is 0.288 e. The molecule has 1 rings (SSSR count). The molecule has 15 heavy (non-hydrogen) atoms. The van der Waals surface area contributed by atoms with Crippen molar-refractivity contribution in [3.05, 3.63) is 32.8 Å². The highest BCUT2D eigenvalue weighted by molar-refractivity contribution is 6.33. The van der Waals surface area contributed by atoms with Crippen LogP contribution >= 0.6 is 11.6 Å². The van der Waals surface area contributed by atoms with E-state index in [1.807, 2.05) is 0 Å². The van der Waals surface area contributed by atoms with Gasteiger partial charge in [-0.05, 0) is 6.07 Å². The Morgan fingerprint density at radius 1 is 1.53 bits per heavy atom. The number of nitrogens with zero attached hydrogens (tertiary/aromatic N) is 3. The molecule has 0 fully saturated rings. The Labute approximate surface area is 91.6 Å². The summed E-state index contributed by atoms with van der Waals surface area (Å²) < 4.78 is 0. The highest BCUT2D eigenvalue weighted by atomic mass is 35.5. The van der Waals surface area contributed by atoms with Gasteiger partial charge in [0, 0.05) is 20.2 Å². The summed E-state index contributed by atoms with van der Waals surface area (Å²) in [4.78, 5) is 11.7. The van der Waals surface area contributed by atoms with E-state index in [0.29, 0.717) is 5.69 Å². The first-order valence-electron chi connectivity index (χ1n) is 4.02. The number of nitro benzene ring substituents is 1. The van der Waals surface area contributed by atoms with Gasteiger partial charge in [-0.15, -0.1) is 0 Å². The molecule has 1 aromatic rings. The monoisotopic (exact) mass is 225 g/mol. The van der Waals surface area contributed by atoms with Crippen LogP contribution < -0.4 is 4.90 Å². The zero-order valence-electron chi connectivity index (χ0n) is 8.19. The van der Waals surface area contributed by atoms with Crippen molar-refractivity contribution < 1.29 is 4.92 Å². The highest BCUT2D eigenvalue weighted by Gasteiger charge is 2.17. The lowest BCUT2D eigenvalue weighted by Gasteiger charge is -2.14. The van der Waals surface area contributed by atoms with Crippen molar-refractivity contribution in [3.63, 3.8) is 0 Å². The molecule has 0 spiro atoms. The zero-order chi connectivity index (χ0) is 11.6. The van der Waals surface area contributed by atoms with Crippen LogP contribution in [-0.4, -0.2) is 19.0 Å². The molecule has 0 radical (unpaired) electrons. The fraction of sp³-hybridized carbons (Fsp3) is 0.222. The Hall–Kier alpha value is -1.80. The topological polar surface area (TPSA) is 70.2 Å². The minimum atomic E-state index is -0.621. The second-order valence-electron chi connectivity index (χ2n) is 3.08. The summed E-state index contributed by atoms with van der Waals surface area (Å²) in [5.74, 6) is 0. The molecule has 0 bridgehead atoms. The zero-order valence-corrected chi connectivity index (χ0v) is 8.95. The fourth-order valence-corrected chi connectivity index (χ4v) is 1.46. The number of benzene rings is 1. The van der Waals surface area contributed by atoms with Crippen LogP contribution in [0.4, 0.5) is 11.4 Å². The molecule has 0 saturated carbocycles.